The van der Waals surface area contributed by atoms with E-state index in [0.717, 1.165) is 8.78 Å². The van der Waals surface area contributed by atoms with Crippen molar-refractivity contribution in [2.75, 3.05) is 18.8 Å². The number of halogens is 3. The molecule has 0 fully saturated rings. The summed E-state index contributed by atoms with van der Waals surface area (Å²) in [5.74, 6) is 0.801. The molecule has 3 aromatic rings. The highest BCUT2D eigenvalue weighted by Gasteiger charge is 2.27. The van der Waals surface area contributed by atoms with Gasteiger partial charge in [0.2, 0.25) is 21.1 Å². The van der Waals surface area contributed by atoms with Gasteiger partial charge in [0.05, 0.1) is 11.4 Å². The van der Waals surface area contributed by atoms with Crippen LogP contribution in [0.15, 0.2) is 57.0 Å². The SMILES string of the molecule is Cc1nc(SCCNC(=O)CN(Cc2ccc(Cl)cc2Cl)S(=O)(=O)c2ccc(Br)cc2)n[nH]1. The Morgan fingerprint density at radius 2 is 1.94 bits per heavy atom. The number of nitrogens with zero attached hydrogens (tertiary/aromatic N) is 3. The van der Waals surface area contributed by atoms with Gasteiger partial charge in [-0.1, -0.05) is 57.0 Å². The van der Waals surface area contributed by atoms with Gasteiger partial charge in [-0.15, -0.1) is 5.10 Å². The van der Waals surface area contributed by atoms with Gasteiger partial charge >= 0.3 is 0 Å². The van der Waals surface area contributed by atoms with Gasteiger partial charge in [0.1, 0.15) is 5.82 Å². The van der Waals surface area contributed by atoms with Crippen LogP contribution in [0.4, 0.5) is 0 Å². The number of amides is 1. The summed E-state index contributed by atoms with van der Waals surface area (Å²) in [4.78, 5) is 16.9. The molecule has 0 bridgehead atoms. The molecule has 1 heterocycles. The molecule has 0 radical (unpaired) electrons. The summed E-state index contributed by atoms with van der Waals surface area (Å²) < 4.78 is 28.5. The largest absolute Gasteiger partial charge is 0.354 e. The average Bonchev–Trinajstić information content (AvgIpc) is 3.18. The fraction of sp³-hybridized carbons (Fsp3) is 0.250. The fourth-order valence-corrected chi connectivity index (χ4v) is 5.56. The summed E-state index contributed by atoms with van der Waals surface area (Å²) in [6, 6.07) is 11.0. The highest BCUT2D eigenvalue weighted by Crippen LogP contribution is 2.25. The van der Waals surface area contributed by atoms with Gasteiger partial charge in [-0.3, -0.25) is 9.89 Å². The number of aromatic amines is 1. The van der Waals surface area contributed by atoms with Crippen molar-refractivity contribution in [3.8, 4) is 0 Å². The molecule has 8 nitrogen and oxygen atoms in total. The van der Waals surface area contributed by atoms with Crippen LogP contribution in [-0.4, -0.2) is 52.7 Å². The Morgan fingerprint density at radius 3 is 2.58 bits per heavy atom. The van der Waals surface area contributed by atoms with Crippen molar-refractivity contribution in [2.24, 2.45) is 0 Å². The second-order valence-electron chi connectivity index (χ2n) is 6.86. The lowest BCUT2D eigenvalue weighted by atomic mass is 10.2. The van der Waals surface area contributed by atoms with E-state index in [4.69, 9.17) is 23.2 Å². The van der Waals surface area contributed by atoms with Gasteiger partial charge in [-0.2, -0.15) is 4.31 Å². The first-order chi connectivity index (χ1) is 15.6. The molecule has 0 saturated carbocycles. The van der Waals surface area contributed by atoms with Gasteiger partial charge in [-0.25, -0.2) is 13.4 Å². The van der Waals surface area contributed by atoms with Crippen molar-refractivity contribution < 1.29 is 13.2 Å². The minimum atomic E-state index is -3.98. The summed E-state index contributed by atoms with van der Waals surface area (Å²) in [5.41, 5.74) is 0.532. The molecule has 0 saturated heterocycles. The van der Waals surface area contributed by atoms with Crippen molar-refractivity contribution >= 4 is 66.8 Å². The highest BCUT2D eigenvalue weighted by molar-refractivity contribution is 9.10. The van der Waals surface area contributed by atoms with Crippen molar-refractivity contribution in [1.29, 1.82) is 0 Å². The Morgan fingerprint density at radius 1 is 1.21 bits per heavy atom. The number of sulfonamides is 1. The number of H-pyrrole nitrogens is 1. The molecular formula is C20H20BrCl2N5O3S2. The van der Waals surface area contributed by atoms with E-state index in [9.17, 15) is 13.2 Å². The van der Waals surface area contributed by atoms with Crippen LogP contribution in [-0.2, 0) is 21.4 Å². The number of aryl methyl sites for hydroxylation is 1. The summed E-state index contributed by atoms with van der Waals surface area (Å²) in [7, 11) is -3.98. The Balaban J connectivity index is 1.71. The predicted molar refractivity (Wildman–Crippen MR) is 133 cm³/mol. The maximum atomic E-state index is 13.3. The molecule has 0 aliphatic rings. The van der Waals surface area contributed by atoms with Crippen molar-refractivity contribution in [1.82, 2.24) is 24.8 Å². The van der Waals surface area contributed by atoms with Crippen molar-refractivity contribution in [3.63, 3.8) is 0 Å². The van der Waals surface area contributed by atoms with E-state index in [1.807, 2.05) is 0 Å². The van der Waals surface area contributed by atoms with E-state index in [1.54, 1.807) is 31.2 Å². The summed E-state index contributed by atoms with van der Waals surface area (Å²) >= 11 is 16.9. The van der Waals surface area contributed by atoms with E-state index in [2.05, 4.69) is 36.4 Å². The van der Waals surface area contributed by atoms with Crippen LogP contribution in [0.2, 0.25) is 10.0 Å². The predicted octanol–water partition coefficient (Wildman–Crippen LogP) is 4.28. The number of rotatable bonds is 10. The first kappa shape index (κ1) is 26.0. The van der Waals surface area contributed by atoms with E-state index >= 15 is 0 Å². The maximum Gasteiger partial charge on any atom is 0.243 e. The third-order valence-corrected chi connectivity index (χ3v) is 8.14. The summed E-state index contributed by atoms with van der Waals surface area (Å²) in [6.07, 6.45) is 0. The van der Waals surface area contributed by atoms with Gasteiger partial charge in [0, 0.05) is 33.4 Å². The van der Waals surface area contributed by atoms with Crippen LogP contribution < -0.4 is 5.32 Å². The van der Waals surface area contributed by atoms with Gasteiger partial charge in [-0.05, 0) is 48.9 Å². The van der Waals surface area contributed by atoms with Crippen LogP contribution in [0.3, 0.4) is 0 Å². The van der Waals surface area contributed by atoms with E-state index in [0.29, 0.717) is 38.9 Å². The number of hydrogen-bond acceptors (Lipinski definition) is 6. The van der Waals surface area contributed by atoms with Gasteiger partial charge in [0.25, 0.3) is 0 Å². The third kappa shape index (κ3) is 7.43. The van der Waals surface area contributed by atoms with Gasteiger partial charge < -0.3 is 5.32 Å². The molecule has 0 aliphatic heterocycles. The second-order valence-corrected chi connectivity index (χ2v) is 11.6. The zero-order valence-electron chi connectivity index (χ0n) is 17.4. The Kier molecular flexibility index (Phi) is 9.19. The van der Waals surface area contributed by atoms with E-state index in [1.165, 1.54) is 30.0 Å². The number of thioether (sulfide) groups is 1. The van der Waals surface area contributed by atoms with Crippen molar-refractivity contribution in [2.45, 2.75) is 23.5 Å². The standard InChI is InChI=1S/C20H20BrCl2N5O3S2/c1-13-25-20(27-26-13)32-9-8-24-19(29)12-28(11-14-2-5-16(22)10-18(14)23)33(30,31)17-6-3-15(21)4-7-17/h2-7,10H,8-9,11-12H2,1H3,(H,24,29)(H,25,26,27). The molecule has 176 valence electrons. The monoisotopic (exact) mass is 591 g/mol. The van der Waals surface area contributed by atoms with Crippen molar-refractivity contribution in [3.05, 3.63) is 68.4 Å². The third-order valence-electron chi connectivity index (χ3n) is 4.37. The molecule has 0 unspecified atom stereocenters. The Bertz CT molecular complexity index is 1220. The first-order valence-corrected chi connectivity index (χ1v) is 13.6. The molecular weight excluding hydrogens is 573 g/mol. The minimum Gasteiger partial charge on any atom is -0.354 e. The highest BCUT2D eigenvalue weighted by atomic mass is 79.9. The molecule has 1 aromatic heterocycles. The lowest BCUT2D eigenvalue weighted by molar-refractivity contribution is -0.121. The molecule has 1 amide bonds. The molecule has 0 atom stereocenters. The van der Waals surface area contributed by atoms with Crippen LogP contribution in [0.5, 0.6) is 0 Å². The number of hydrogen-bond donors (Lipinski definition) is 2. The zero-order chi connectivity index (χ0) is 24.0. The summed E-state index contributed by atoms with van der Waals surface area (Å²) in [6.45, 7) is 1.66. The van der Waals surface area contributed by atoms with Crippen LogP contribution in [0, 0.1) is 6.92 Å². The number of aromatic nitrogens is 3. The van der Waals surface area contributed by atoms with Gasteiger partial charge in [0.15, 0.2) is 0 Å². The number of carbonyl (C=O) groups excluding carboxylic acids is 1. The Hall–Kier alpha value is -1.63. The average molecular weight is 593 g/mol. The van der Waals surface area contributed by atoms with Crippen LogP contribution >= 0.6 is 50.9 Å². The first-order valence-electron chi connectivity index (χ1n) is 9.63. The second kappa shape index (κ2) is 11.7. The molecule has 33 heavy (non-hydrogen) atoms. The summed E-state index contributed by atoms with van der Waals surface area (Å²) in [5, 5.41) is 10.8. The maximum absolute atomic E-state index is 13.3. The van der Waals surface area contributed by atoms with E-state index < -0.39 is 15.9 Å². The number of benzene rings is 2. The molecule has 2 N–H and O–H groups in total. The molecule has 2 aromatic carbocycles. The number of carbonyl (C=O) groups is 1. The Labute approximate surface area is 214 Å². The quantitative estimate of drug-likeness (QED) is 0.269. The minimum absolute atomic E-state index is 0.0686. The molecule has 3 rings (SSSR count). The molecule has 0 aliphatic carbocycles. The molecule has 0 spiro atoms. The normalized spacial score (nSPS) is 11.7. The van der Waals surface area contributed by atoms with E-state index in [-0.39, 0.29) is 18.0 Å². The lowest BCUT2D eigenvalue weighted by Gasteiger charge is -2.22. The molecule has 13 heteroatoms. The number of nitrogens with one attached hydrogen (secondary N) is 2. The topological polar surface area (TPSA) is 108 Å². The zero-order valence-corrected chi connectivity index (χ0v) is 22.1. The lowest BCUT2D eigenvalue weighted by Crippen LogP contribution is -2.41. The van der Waals surface area contributed by atoms with Crippen LogP contribution in [0.1, 0.15) is 11.4 Å². The smallest absolute Gasteiger partial charge is 0.243 e. The fourth-order valence-electron chi connectivity index (χ4n) is 2.76. The van der Waals surface area contributed by atoms with Crippen LogP contribution in [0.25, 0.3) is 0 Å².